The van der Waals surface area contributed by atoms with Crippen molar-refractivity contribution >= 4 is 22.8 Å². The van der Waals surface area contributed by atoms with Crippen LogP contribution >= 0.6 is 0 Å². The summed E-state index contributed by atoms with van der Waals surface area (Å²) in [6.07, 6.45) is 1.45. The van der Waals surface area contributed by atoms with Crippen molar-refractivity contribution < 1.29 is 9.90 Å². The Bertz CT molecular complexity index is 853. The first-order valence-corrected chi connectivity index (χ1v) is 8.21. The van der Waals surface area contributed by atoms with Gasteiger partial charge in [0.1, 0.15) is 17.3 Å². The third-order valence-corrected chi connectivity index (χ3v) is 4.59. The number of carbonyl (C=O) groups is 1. The molecule has 25 heavy (non-hydrogen) atoms. The minimum Gasteiger partial charge on any atom is -0.465 e. The molecule has 1 aliphatic heterocycles. The van der Waals surface area contributed by atoms with Gasteiger partial charge < -0.3 is 15.3 Å². The molecule has 130 valence electrons. The molecule has 3 heterocycles. The molecule has 2 N–H and O–H groups in total. The van der Waals surface area contributed by atoms with Crippen molar-refractivity contribution in [2.75, 3.05) is 11.9 Å². The van der Waals surface area contributed by atoms with E-state index in [1.807, 2.05) is 32.9 Å². The molecule has 2 atom stereocenters. The number of hydrogen-bond acceptors (Lipinski definition) is 5. The van der Waals surface area contributed by atoms with Crippen LogP contribution in [0.4, 0.5) is 10.6 Å². The van der Waals surface area contributed by atoms with Gasteiger partial charge in [0.15, 0.2) is 5.82 Å². The molecule has 1 aliphatic rings. The summed E-state index contributed by atoms with van der Waals surface area (Å²) >= 11 is 0. The van der Waals surface area contributed by atoms with Gasteiger partial charge in [-0.3, -0.25) is 4.98 Å². The van der Waals surface area contributed by atoms with Crippen LogP contribution in [-0.2, 0) is 0 Å². The topological polar surface area (TPSA) is 102 Å². The Balaban J connectivity index is 1.92. The quantitative estimate of drug-likeness (QED) is 0.871. The van der Waals surface area contributed by atoms with Gasteiger partial charge in [0, 0.05) is 30.2 Å². The average molecular weight is 339 g/mol. The molecule has 0 aliphatic carbocycles. The number of amides is 1. The molecular weight excluding hydrogens is 318 g/mol. The summed E-state index contributed by atoms with van der Waals surface area (Å²) in [6.45, 7) is 6.51. The van der Waals surface area contributed by atoms with E-state index in [-0.39, 0.29) is 17.5 Å². The summed E-state index contributed by atoms with van der Waals surface area (Å²) in [4.78, 5) is 21.8. The molecule has 2 unspecified atom stereocenters. The van der Waals surface area contributed by atoms with Gasteiger partial charge in [-0.2, -0.15) is 5.26 Å². The van der Waals surface area contributed by atoms with E-state index >= 15 is 0 Å². The van der Waals surface area contributed by atoms with Crippen molar-refractivity contribution in [3.63, 3.8) is 0 Å². The molecule has 1 amide bonds. The third-order valence-electron chi connectivity index (χ3n) is 4.59. The first-order valence-electron chi connectivity index (χ1n) is 8.21. The number of nitrogens with one attached hydrogen (secondary N) is 1. The van der Waals surface area contributed by atoms with Crippen LogP contribution in [-0.4, -0.2) is 44.7 Å². The molecule has 2 aromatic heterocycles. The first-order chi connectivity index (χ1) is 11.8. The second-order valence-electron chi connectivity index (χ2n) is 7.44. The number of hydrogen-bond donors (Lipinski definition) is 2. The van der Waals surface area contributed by atoms with Gasteiger partial charge in [-0.1, -0.05) is 26.8 Å². The minimum atomic E-state index is -0.911. The fourth-order valence-electron chi connectivity index (χ4n) is 3.41. The summed E-state index contributed by atoms with van der Waals surface area (Å²) in [5, 5.41) is 22.9. The molecule has 0 radical (unpaired) electrons. The van der Waals surface area contributed by atoms with Gasteiger partial charge in [-0.15, -0.1) is 0 Å². The summed E-state index contributed by atoms with van der Waals surface area (Å²) in [5.41, 5.74) is 0.836. The van der Waals surface area contributed by atoms with Crippen molar-refractivity contribution in [1.82, 2.24) is 14.9 Å². The zero-order valence-corrected chi connectivity index (χ0v) is 14.5. The second kappa shape index (κ2) is 6.20. The van der Waals surface area contributed by atoms with E-state index in [2.05, 4.69) is 21.4 Å². The number of carboxylic acid groups (broad SMARTS) is 1. The second-order valence-corrected chi connectivity index (χ2v) is 7.44. The number of rotatable bonds is 2. The molecule has 0 aromatic carbocycles. The van der Waals surface area contributed by atoms with Gasteiger partial charge in [0.2, 0.25) is 0 Å². The summed E-state index contributed by atoms with van der Waals surface area (Å²) < 4.78 is 0. The molecule has 7 nitrogen and oxygen atoms in total. The first kappa shape index (κ1) is 17.0. The molecule has 1 saturated heterocycles. The van der Waals surface area contributed by atoms with E-state index in [0.717, 1.165) is 5.39 Å². The van der Waals surface area contributed by atoms with Gasteiger partial charge in [0.05, 0.1) is 0 Å². The smallest absolute Gasteiger partial charge is 0.407 e. The van der Waals surface area contributed by atoms with Crippen LogP contribution in [0.3, 0.4) is 0 Å². The Labute approximate surface area is 146 Å². The van der Waals surface area contributed by atoms with Crippen LogP contribution in [0.1, 0.15) is 32.9 Å². The maximum absolute atomic E-state index is 11.6. The molecule has 0 bridgehead atoms. The lowest BCUT2D eigenvalue weighted by molar-refractivity contribution is 0.106. The van der Waals surface area contributed by atoms with Crippen LogP contribution in [0, 0.1) is 16.7 Å². The van der Waals surface area contributed by atoms with E-state index in [1.54, 1.807) is 12.3 Å². The molecule has 1 fully saturated rings. The SMILES string of the molecule is CC(C)(C)C1CC(Nc2nc(C#N)cc3cccnc23)CN1C(=O)O. The van der Waals surface area contributed by atoms with Crippen molar-refractivity contribution in [2.24, 2.45) is 5.41 Å². The number of anilines is 1. The summed E-state index contributed by atoms with van der Waals surface area (Å²) in [6, 6.07) is 7.29. The zero-order chi connectivity index (χ0) is 18.2. The summed E-state index contributed by atoms with van der Waals surface area (Å²) in [7, 11) is 0. The maximum atomic E-state index is 11.6. The maximum Gasteiger partial charge on any atom is 0.407 e. The normalized spacial score (nSPS) is 20.5. The Hall–Kier alpha value is -2.88. The highest BCUT2D eigenvalue weighted by Crippen LogP contribution is 2.34. The van der Waals surface area contributed by atoms with E-state index < -0.39 is 6.09 Å². The number of likely N-dealkylation sites (tertiary alicyclic amines) is 1. The van der Waals surface area contributed by atoms with Gasteiger partial charge in [0.25, 0.3) is 0 Å². The molecule has 0 spiro atoms. The van der Waals surface area contributed by atoms with Crippen molar-refractivity contribution in [2.45, 2.75) is 39.3 Å². The molecular formula is C18H21N5O2. The van der Waals surface area contributed by atoms with E-state index in [9.17, 15) is 15.2 Å². The number of nitriles is 1. The van der Waals surface area contributed by atoms with Crippen LogP contribution in [0.25, 0.3) is 10.9 Å². The number of aromatic nitrogens is 2. The number of nitrogens with zero attached hydrogens (tertiary/aromatic N) is 4. The van der Waals surface area contributed by atoms with Crippen molar-refractivity contribution in [1.29, 1.82) is 5.26 Å². The zero-order valence-electron chi connectivity index (χ0n) is 14.5. The lowest BCUT2D eigenvalue weighted by Crippen LogP contribution is -2.42. The van der Waals surface area contributed by atoms with Crippen LogP contribution in [0.5, 0.6) is 0 Å². The number of pyridine rings is 2. The highest BCUT2D eigenvalue weighted by Gasteiger charge is 2.41. The van der Waals surface area contributed by atoms with E-state index in [4.69, 9.17) is 0 Å². The van der Waals surface area contributed by atoms with Gasteiger partial charge in [-0.05, 0) is 24.0 Å². The Morgan fingerprint density at radius 3 is 2.84 bits per heavy atom. The van der Waals surface area contributed by atoms with Crippen molar-refractivity contribution in [3.8, 4) is 6.07 Å². The average Bonchev–Trinajstić information content (AvgIpc) is 2.99. The van der Waals surface area contributed by atoms with E-state index in [0.29, 0.717) is 30.0 Å². The molecule has 2 aromatic rings. The van der Waals surface area contributed by atoms with Crippen LogP contribution in [0.2, 0.25) is 0 Å². The highest BCUT2D eigenvalue weighted by molar-refractivity contribution is 5.89. The summed E-state index contributed by atoms with van der Waals surface area (Å²) in [5.74, 6) is 0.527. The standard InChI is InChI=1S/C18H21N5O2/c1-18(2,3)14-8-13(10-23(14)17(24)25)22-16-15-11(5-4-6-20-15)7-12(9-19)21-16/h4-7,13-14H,8,10H2,1-3H3,(H,21,22)(H,24,25). The fourth-order valence-corrected chi connectivity index (χ4v) is 3.41. The minimum absolute atomic E-state index is 0.0769. The largest absolute Gasteiger partial charge is 0.465 e. The van der Waals surface area contributed by atoms with Crippen LogP contribution < -0.4 is 5.32 Å². The Kier molecular flexibility index (Phi) is 4.21. The molecule has 3 rings (SSSR count). The Morgan fingerprint density at radius 1 is 1.48 bits per heavy atom. The Morgan fingerprint density at radius 2 is 2.24 bits per heavy atom. The van der Waals surface area contributed by atoms with Gasteiger partial charge >= 0.3 is 6.09 Å². The number of fused-ring (bicyclic) bond motifs is 1. The van der Waals surface area contributed by atoms with Crippen LogP contribution in [0.15, 0.2) is 24.4 Å². The molecule has 7 heteroatoms. The lowest BCUT2D eigenvalue weighted by atomic mass is 9.85. The lowest BCUT2D eigenvalue weighted by Gasteiger charge is -2.32. The third kappa shape index (κ3) is 3.33. The van der Waals surface area contributed by atoms with Crippen molar-refractivity contribution in [3.05, 3.63) is 30.1 Å². The monoisotopic (exact) mass is 339 g/mol. The van der Waals surface area contributed by atoms with Gasteiger partial charge in [-0.25, -0.2) is 9.78 Å². The predicted octanol–water partition coefficient (Wildman–Crippen LogP) is 3.08. The van der Waals surface area contributed by atoms with E-state index in [1.165, 1.54) is 4.90 Å². The fraction of sp³-hybridized carbons (Fsp3) is 0.444. The highest BCUT2D eigenvalue weighted by atomic mass is 16.4. The predicted molar refractivity (Wildman–Crippen MR) is 94.3 cm³/mol. The molecule has 0 saturated carbocycles.